The van der Waals surface area contributed by atoms with Crippen LogP contribution in [0.15, 0.2) is 24.3 Å². The van der Waals surface area contributed by atoms with Gasteiger partial charge < -0.3 is 15.0 Å². The van der Waals surface area contributed by atoms with Gasteiger partial charge in [0.05, 0.1) is 13.2 Å². The van der Waals surface area contributed by atoms with Gasteiger partial charge in [0.2, 0.25) is 5.91 Å². The van der Waals surface area contributed by atoms with Crippen molar-refractivity contribution in [2.24, 2.45) is 5.41 Å². The molecule has 2 amide bonds. The van der Waals surface area contributed by atoms with Crippen LogP contribution in [0.1, 0.15) is 43.1 Å². The summed E-state index contributed by atoms with van der Waals surface area (Å²) >= 11 is 0. The van der Waals surface area contributed by atoms with Gasteiger partial charge in [-0.25, -0.2) is 0 Å². The highest BCUT2D eigenvalue weighted by atomic mass is 16.5. The Morgan fingerprint density at radius 2 is 1.88 bits per heavy atom. The Labute approximate surface area is 143 Å². The normalized spacial score (nSPS) is 19.2. The van der Waals surface area contributed by atoms with E-state index in [1.54, 1.807) is 4.90 Å². The van der Waals surface area contributed by atoms with Gasteiger partial charge in [0, 0.05) is 30.7 Å². The fourth-order valence-electron chi connectivity index (χ4n) is 3.33. The number of amides is 2. The maximum absolute atomic E-state index is 12.2. The molecule has 3 rings (SSSR count). The zero-order valence-electron chi connectivity index (χ0n) is 14.7. The largest absolute Gasteiger partial charge is 0.381 e. The van der Waals surface area contributed by atoms with Crippen molar-refractivity contribution in [3.63, 3.8) is 0 Å². The van der Waals surface area contributed by atoms with E-state index in [4.69, 9.17) is 4.74 Å². The molecule has 0 aliphatic carbocycles. The first-order chi connectivity index (χ1) is 11.3. The van der Waals surface area contributed by atoms with Crippen LogP contribution in [0.25, 0.3) is 0 Å². The molecule has 2 saturated heterocycles. The summed E-state index contributed by atoms with van der Waals surface area (Å²) in [6.07, 6.45) is 1.03. The van der Waals surface area contributed by atoms with Crippen molar-refractivity contribution < 1.29 is 14.3 Å². The lowest BCUT2D eigenvalue weighted by Gasteiger charge is -2.47. The van der Waals surface area contributed by atoms with Gasteiger partial charge in [-0.2, -0.15) is 0 Å². The maximum atomic E-state index is 12.2. The van der Waals surface area contributed by atoms with Crippen LogP contribution in [0, 0.1) is 5.41 Å². The molecule has 5 nitrogen and oxygen atoms in total. The van der Waals surface area contributed by atoms with E-state index in [1.165, 1.54) is 5.56 Å². The number of carbonyl (C=O) groups is 2. The van der Waals surface area contributed by atoms with E-state index in [1.807, 2.05) is 24.3 Å². The molecule has 0 radical (unpaired) electrons. The minimum absolute atomic E-state index is 0.0211. The number of likely N-dealkylation sites (tertiary alicyclic amines) is 1. The molecule has 2 aliphatic rings. The molecule has 24 heavy (non-hydrogen) atoms. The van der Waals surface area contributed by atoms with E-state index >= 15 is 0 Å². The summed E-state index contributed by atoms with van der Waals surface area (Å²) in [5, 5.41) is 2.72. The zero-order valence-corrected chi connectivity index (χ0v) is 14.7. The summed E-state index contributed by atoms with van der Waals surface area (Å²) in [7, 11) is 0. The average molecular weight is 330 g/mol. The zero-order chi connectivity index (χ0) is 17.4. The van der Waals surface area contributed by atoms with Crippen LogP contribution < -0.4 is 5.32 Å². The lowest BCUT2D eigenvalue weighted by molar-refractivity contribution is -0.142. The van der Waals surface area contributed by atoms with Crippen molar-refractivity contribution in [1.82, 2.24) is 10.2 Å². The van der Waals surface area contributed by atoms with Crippen molar-refractivity contribution in [2.45, 2.75) is 32.6 Å². The molecule has 0 unspecified atom stereocenters. The van der Waals surface area contributed by atoms with Crippen molar-refractivity contribution in [3.8, 4) is 0 Å². The van der Waals surface area contributed by atoms with Crippen molar-refractivity contribution in [2.75, 3.05) is 32.8 Å². The number of benzene rings is 1. The van der Waals surface area contributed by atoms with Gasteiger partial charge >= 0.3 is 0 Å². The van der Waals surface area contributed by atoms with E-state index in [2.05, 4.69) is 26.1 Å². The Balaban J connectivity index is 1.48. The summed E-state index contributed by atoms with van der Waals surface area (Å²) in [6.45, 7) is 9.51. The molecule has 2 heterocycles. The first kappa shape index (κ1) is 17.0. The molecular formula is C19H26N2O3. The number of carbonyl (C=O) groups excluding carboxylic acids is 2. The fraction of sp³-hybridized carbons (Fsp3) is 0.579. The first-order valence-electron chi connectivity index (χ1n) is 8.53. The number of ether oxygens (including phenoxy) is 1. The molecule has 0 saturated carbocycles. The highest BCUT2D eigenvalue weighted by Gasteiger charge is 2.47. The third-order valence-corrected chi connectivity index (χ3v) is 5.00. The molecule has 1 aromatic carbocycles. The molecular weight excluding hydrogens is 304 g/mol. The van der Waals surface area contributed by atoms with Crippen LogP contribution in [0.5, 0.6) is 0 Å². The minimum Gasteiger partial charge on any atom is -0.381 e. The molecule has 0 bridgehead atoms. The number of hydrogen-bond donors (Lipinski definition) is 1. The first-order valence-corrected chi connectivity index (χ1v) is 8.53. The molecule has 5 heteroatoms. The third-order valence-electron chi connectivity index (χ3n) is 5.00. The number of rotatable bonds is 3. The van der Waals surface area contributed by atoms with Crippen molar-refractivity contribution >= 4 is 11.8 Å². The van der Waals surface area contributed by atoms with Gasteiger partial charge in [-0.15, -0.1) is 0 Å². The van der Waals surface area contributed by atoms with Gasteiger partial charge in [-0.1, -0.05) is 32.9 Å². The lowest BCUT2D eigenvalue weighted by atomic mass is 9.79. The summed E-state index contributed by atoms with van der Waals surface area (Å²) in [5.41, 5.74) is 2.00. The lowest BCUT2D eigenvalue weighted by Crippen LogP contribution is -2.60. The summed E-state index contributed by atoms with van der Waals surface area (Å²) < 4.78 is 5.41. The van der Waals surface area contributed by atoms with Crippen LogP contribution in [0.2, 0.25) is 0 Å². The Bertz CT molecular complexity index is 617. The highest BCUT2D eigenvalue weighted by Crippen LogP contribution is 2.38. The van der Waals surface area contributed by atoms with E-state index in [0.29, 0.717) is 5.56 Å². The SMILES string of the molecule is CC(C)(C)c1ccc(C(=O)NCC(=O)N2CC3(CCOC3)C2)cc1. The van der Waals surface area contributed by atoms with Gasteiger partial charge in [-0.05, 0) is 29.5 Å². The highest BCUT2D eigenvalue weighted by molar-refractivity contribution is 5.96. The summed E-state index contributed by atoms with van der Waals surface area (Å²) in [4.78, 5) is 26.1. The van der Waals surface area contributed by atoms with Gasteiger partial charge in [0.1, 0.15) is 0 Å². The molecule has 1 aromatic rings. The van der Waals surface area contributed by atoms with Crippen molar-refractivity contribution in [3.05, 3.63) is 35.4 Å². The van der Waals surface area contributed by atoms with Crippen LogP contribution in [0.3, 0.4) is 0 Å². The van der Waals surface area contributed by atoms with Crippen LogP contribution >= 0.6 is 0 Å². The standard InChI is InChI=1S/C19H26N2O3/c1-18(2,3)15-6-4-14(5-7-15)17(23)20-10-16(22)21-11-19(12-21)8-9-24-13-19/h4-7H,8-13H2,1-3H3,(H,20,23). The van der Waals surface area contributed by atoms with Crippen LogP contribution in [-0.4, -0.2) is 49.6 Å². The van der Waals surface area contributed by atoms with Gasteiger partial charge in [0.25, 0.3) is 5.91 Å². The Hall–Kier alpha value is -1.88. The smallest absolute Gasteiger partial charge is 0.251 e. The monoisotopic (exact) mass is 330 g/mol. The number of nitrogens with one attached hydrogen (secondary N) is 1. The summed E-state index contributed by atoms with van der Waals surface area (Å²) in [6, 6.07) is 7.57. The van der Waals surface area contributed by atoms with Gasteiger partial charge in [-0.3, -0.25) is 9.59 Å². The van der Waals surface area contributed by atoms with Gasteiger partial charge in [0.15, 0.2) is 0 Å². The molecule has 1 spiro atoms. The number of hydrogen-bond acceptors (Lipinski definition) is 3. The molecule has 130 valence electrons. The summed E-state index contributed by atoms with van der Waals surface area (Å²) in [5.74, 6) is -0.226. The van der Waals surface area contributed by atoms with E-state index in [9.17, 15) is 9.59 Å². The number of nitrogens with zero attached hydrogens (tertiary/aromatic N) is 1. The average Bonchev–Trinajstić information content (AvgIpc) is 3.00. The Kier molecular flexibility index (Phi) is 4.38. The molecule has 1 N–H and O–H groups in total. The molecule has 2 fully saturated rings. The fourth-order valence-corrected chi connectivity index (χ4v) is 3.33. The Morgan fingerprint density at radius 3 is 2.42 bits per heavy atom. The molecule has 0 atom stereocenters. The topological polar surface area (TPSA) is 58.6 Å². The minimum atomic E-state index is -0.205. The maximum Gasteiger partial charge on any atom is 0.251 e. The van der Waals surface area contributed by atoms with E-state index < -0.39 is 0 Å². The van der Waals surface area contributed by atoms with E-state index in [-0.39, 0.29) is 29.2 Å². The second kappa shape index (κ2) is 6.20. The third kappa shape index (κ3) is 3.46. The molecule has 2 aliphatic heterocycles. The quantitative estimate of drug-likeness (QED) is 0.922. The Morgan fingerprint density at radius 1 is 1.21 bits per heavy atom. The second-order valence-corrected chi connectivity index (χ2v) is 8.06. The van der Waals surface area contributed by atoms with Crippen LogP contribution in [-0.2, 0) is 14.9 Å². The van der Waals surface area contributed by atoms with Crippen LogP contribution in [0.4, 0.5) is 0 Å². The van der Waals surface area contributed by atoms with E-state index in [0.717, 1.165) is 32.7 Å². The predicted molar refractivity (Wildman–Crippen MR) is 91.9 cm³/mol. The van der Waals surface area contributed by atoms with Crippen molar-refractivity contribution in [1.29, 1.82) is 0 Å². The second-order valence-electron chi connectivity index (χ2n) is 8.06. The predicted octanol–water partition coefficient (Wildman–Crippen LogP) is 1.96. The molecule has 0 aromatic heterocycles.